The summed E-state index contributed by atoms with van der Waals surface area (Å²) >= 11 is 0. The van der Waals surface area contributed by atoms with E-state index in [-0.39, 0.29) is 0 Å². The Hall–Kier alpha value is -0.120. The predicted molar refractivity (Wildman–Crippen MR) is 76.0 cm³/mol. The Morgan fingerprint density at radius 2 is 2.06 bits per heavy atom. The first kappa shape index (κ1) is 14.3. The highest BCUT2D eigenvalue weighted by molar-refractivity contribution is 4.81. The van der Waals surface area contributed by atoms with Crippen molar-refractivity contribution < 1.29 is 4.74 Å². The van der Waals surface area contributed by atoms with Crippen LogP contribution in [0.3, 0.4) is 0 Å². The maximum atomic E-state index is 5.89. The third-order valence-corrected chi connectivity index (χ3v) is 4.27. The Labute approximate surface area is 112 Å². The second kappa shape index (κ2) is 8.13. The predicted octanol–water partition coefficient (Wildman–Crippen LogP) is 2.41. The first-order chi connectivity index (χ1) is 8.90. The van der Waals surface area contributed by atoms with Gasteiger partial charge in [-0.2, -0.15) is 0 Å². The molecule has 3 nitrogen and oxygen atoms in total. The molecule has 0 aliphatic carbocycles. The Bertz CT molecular complexity index is 217. The van der Waals surface area contributed by atoms with E-state index in [0.29, 0.717) is 6.10 Å². The molecule has 0 saturated carbocycles. The van der Waals surface area contributed by atoms with Crippen LogP contribution in [0.5, 0.6) is 0 Å². The number of ether oxygens (including phenoxy) is 1. The number of rotatable bonds is 6. The second-order valence-corrected chi connectivity index (χ2v) is 5.84. The van der Waals surface area contributed by atoms with E-state index >= 15 is 0 Å². The zero-order chi connectivity index (χ0) is 12.6. The maximum Gasteiger partial charge on any atom is 0.0702 e. The Morgan fingerprint density at radius 3 is 2.83 bits per heavy atom. The molecule has 2 atom stereocenters. The van der Waals surface area contributed by atoms with Gasteiger partial charge >= 0.3 is 0 Å². The Morgan fingerprint density at radius 1 is 1.17 bits per heavy atom. The fourth-order valence-corrected chi connectivity index (χ4v) is 3.19. The number of nitrogens with zero attached hydrogens (tertiary/aromatic N) is 1. The molecule has 2 rings (SSSR count). The molecule has 2 saturated heterocycles. The van der Waals surface area contributed by atoms with E-state index in [1.165, 1.54) is 64.6 Å². The van der Waals surface area contributed by atoms with Crippen molar-refractivity contribution in [1.82, 2.24) is 10.2 Å². The molecule has 106 valence electrons. The number of piperidine rings is 1. The largest absolute Gasteiger partial charge is 0.377 e. The minimum Gasteiger partial charge on any atom is -0.377 e. The van der Waals surface area contributed by atoms with Crippen LogP contribution in [-0.2, 0) is 4.74 Å². The molecule has 1 N–H and O–H groups in total. The van der Waals surface area contributed by atoms with Crippen molar-refractivity contribution in [2.75, 3.05) is 32.8 Å². The van der Waals surface area contributed by atoms with E-state index < -0.39 is 0 Å². The van der Waals surface area contributed by atoms with Crippen LogP contribution in [0.25, 0.3) is 0 Å². The molecule has 0 aromatic carbocycles. The average molecular weight is 254 g/mol. The Balaban J connectivity index is 1.75. The molecular formula is C15H30N2O. The number of likely N-dealkylation sites (tertiary alicyclic amines) is 1. The molecule has 18 heavy (non-hydrogen) atoms. The summed E-state index contributed by atoms with van der Waals surface area (Å²) in [6.45, 7) is 7.99. The van der Waals surface area contributed by atoms with E-state index in [9.17, 15) is 0 Å². The quantitative estimate of drug-likeness (QED) is 0.737. The van der Waals surface area contributed by atoms with E-state index in [1.54, 1.807) is 0 Å². The molecule has 0 aromatic heterocycles. The van der Waals surface area contributed by atoms with E-state index in [1.807, 2.05) is 0 Å². The lowest BCUT2D eigenvalue weighted by atomic mass is 10.00. The van der Waals surface area contributed by atoms with Gasteiger partial charge in [-0.25, -0.2) is 0 Å². The summed E-state index contributed by atoms with van der Waals surface area (Å²) in [7, 11) is 0. The van der Waals surface area contributed by atoms with Gasteiger partial charge in [0.15, 0.2) is 0 Å². The van der Waals surface area contributed by atoms with Gasteiger partial charge in [0.25, 0.3) is 0 Å². The highest BCUT2D eigenvalue weighted by atomic mass is 16.5. The van der Waals surface area contributed by atoms with Gasteiger partial charge in [-0.15, -0.1) is 0 Å². The lowest BCUT2D eigenvalue weighted by Gasteiger charge is -2.38. The number of hydrogen-bond donors (Lipinski definition) is 1. The Kier molecular flexibility index (Phi) is 6.46. The summed E-state index contributed by atoms with van der Waals surface area (Å²) in [5.41, 5.74) is 0. The number of nitrogens with one attached hydrogen (secondary N) is 1. The molecule has 2 fully saturated rings. The van der Waals surface area contributed by atoms with Gasteiger partial charge in [0.05, 0.1) is 6.10 Å². The van der Waals surface area contributed by atoms with Crippen LogP contribution in [0.1, 0.15) is 51.9 Å². The molecule has 0 bridgehead atoms. The fourth-order valence-electron chi connectivity index (χ4n) is 3.19. The van der Waals surface area contributed by atoms with Crippen molar-refractivity contribution >= 4 is 0 Å². The number of hydrogen-bond acceptors (Lipinski definition) is 3. The zero-order valence-corrected chi connectivity index (χ0v) is 12.0. The van der Waals surface area contributed by atoms with Gasteiger partial charge < -0.3 is 10.1 Å². The fraction of sp³-hybridized carbons (Fsp3) is 1.00. The normalized spacial score (nSPS) is 30.5. The topological polar surface area (TPSA) is 24.5 Å². The standard InChI is InChI=1S/C15H30N2O/c1-2-9-16-12-14-7-3-5-10-17(14)13-15-8-4-6-11-18-15/h14-16H,2-13H2,1H3. The van der Waals surface area contributed by atoms with Crippen LogP contribution in [0, 0.1) is 0 Å². The van der Waals surface area contributed by atoms with E-state index in [0.717, 1.165) is 19.2 Å². The summed E-state index contributed by atoms with van der Waals surface area (Å²) in [6, 6.07) is 0.746. The van der Waals surface area contributed by atoms with Crippen LogP contribution in [0.2, 0.25) is 0 Å². The monoisotopic (exact) mass is 254 g/mol. The van der Waals surface area contributed by atoms with Gasteiger partial charge in [-0.05, 0) is 51.6 Å². The van der Waals surface area contributed by atoms with E-state index in [2.05, 4.69) is 17.1 Å². The lowest BCUT2D eigenvalue weighted by Crippen LogP contribution is -2.49. The molecule has 0 amide bonds. The van der Waals surface area contributed by atoms with Crippen molar-refractivity contribution in [3.8, 4) is 0 Å². The van der Waals surface area contributed by atoms with Crippen LogP contribution in [0.4, 0.5) is 0 Å². The SMILES string of the molecule is CCCNCC1CCCCN1CC1CCCCO1. The zero-order valence-electron chi connectivity index (χ0n) is 12.0. The van der Waals surface area contributed by atoms with Crippen molar-refractivity contribution in [1.29, 1.82) is 0 Å². The van der Waals surface area contributed by atoms with Gasteiger partial charge in [0, 0.05) is 25.7 Å². The summed E-state index contributed by atoms with van der Waals surface area (Å²) in [4.78, 5) is 2.68. The van der Waals surface area contributed by atoms with Crippen molar-refractivity contribution in [3.63, 3.8) is 0 Å². The van der Waals surface area contributed by atoms with Gasteiger partial charge in [-0.3, -0.25) is 4.90 Å². The van der Waals surface area contributed by atoms with Crippen LogP contribution in [0.15, 0.2) is 0 Å². The average Bonchev–Trinajstić information content (AvgIpc) is 2.42. The van der Waals surface area contributed by atoms with Crippen LogP contribution >= 0.6 is 0 Å². The third-order valence-electron chi connectivity index (χ3n) is 4.27. The molecular weight excluding hydrogens is 224 g/mol. The molecule has 2 aliphatic heterocycles. The first-order valence-electron chi connectivity index (χ1n) is 7.96. The van der Waals surface area contributed by atoms with E-state index in [4.69, 9.17) is 4.74 Å². The molecule has 0 radical (unpaired) electrons. The summed E-state index contributed by atoms with van der Waals surface area (Å²) in [6.07, 6.45) is 9.77. The third kappa shape index (κ3) is 4.52. The molecule has 2 unspecified atom stereocenters. The van der Waals surface area contributed by atoms with Gasteiger partial charge in [0.2, 0.25) is 0 Å². The highest BCUT2D eigenvalue weighted by Crippen LogP contribution is 2.20. The minimum atomic E-state index is 0.505. The van der Waals surface area contributed by atoms with Crippen LogP contribution < -0.4 is 5.32 Å². The van der Waals surface area contributed by atoms with Crippen molar-refractivity contribution in [3.05, 3.63) is 0 Å². The van der Waals surface area contributed by atoms with Crippen molar-refractivity contribution in [2.24, 2.45) is 0 Å². The summed E-state index contributed by atoms with van der Waals surface area (Å²) in [5, 5.41) is 3.59. The molecule has 2 aliphatic rings. The second-order valence-electron chi connectivity index (χ2n) is 5.84. The maximum absolute atomic E-state index is 5.89. The summed E-state index contributed by atoms with van der Waals surface area (Å²) in [5.74, 6) is 0. The smallest absolute Gasteiger partial charge is 0.0702 e. The summed E-state index contributed by atoms with van der Waals surface area (Å²) < 4.78 is 5.89. The molecule has 2 heterocycles. The highest BCUT2D eigenvalue weighted by Gasteiger charge is 2.25. The van der Waals surface area contributed by atoms with Gasteiger partial charge in [-0.1, -0.05) is 13.3 Å². The molecule has 0 spiro atoms. The molecule has 0 aromatic rings. The molecule has 3 heteroatoms. The van der Waals surface area contributed by atoms with Gasteiger partial charge in [0.1, 0.15) is 0 Å². The first-order valence-corrected chi connectivity index (χ1v) is 7.96. The van der Waals surface area contributed by atoms with Crippen molar-refractivity contribution in [2.45, 2.75) is 64.0 Å². The van der Waals surface area contributed by atoms with Crippen LogP contribution in [-0.4, -0.2) is 49.8 Å². The minimum absolute atomic E-state index is 0.505. The lowest BCUT2D eigenvalue weighted by molar-refractivity contribution is -0.0191.